The van der Waals surface area contributed by atoms with Crippen molar-refractivity contribution in [3.8, 4) is 0 Å². The molecule has 48 heavy (non-hydrogen) atoms. The van der Waals surface area contributed by atoms with Crippen LogP contribution in [-0.4, -0.2) is 83.0 Å². The Bertz CT molecular complexity index is 1180. The molecule has 0 radical (unpaired) electrons. The maximum atomic E-state index is 13.3. The summed E-state index contributed by atoms with van der Waals surface area (Å²) >= 11 is 0. The standard InChI is InChI=1S/C27H44N4O4.C7H7F.C3H8O2/c1-27(2,3)30-26(35)23-14-20-11-7-8-12-21(20)16-31(23)17-24(33)22(29-25(34)15-28-18-32)13-19-9-5-4-6-10-19;1-6-3-2-4-7(8)5-6;1-3(2)5-4/h5,9-10,18,20-24,33H,4,6-8,11-17H2,1-3H3,(H,28,32)(H,29,34)(H,30,35);2-5H,1H3;3-4H,1-2H3/t20-,21?,22?,23?,24?;;/m0../s1. The fourth-order valence-electron chi connectivity index (χ4n) is 6.35. The second kappa shape index (κ2) is 21.1. The van der Waals surface area contributed by atoms with Crippen LogP contribution in [0.1, 0.15) is 91.5 Å². The number of aliphatic hydroxyl groups is 1. The molecule has 4 rings (SSSR count). The lowest BCUT2D eigenvalue weighted by Crippen LogP contribution is -2.60. The van der Waals surface area contributed by atoms with Gasteiger partial charge in [-0.25, -0.2) is 9.28 Å². The summed E-state index contributed by atoms with van der Waals surface area (Å²) in [5, 5.41) is 27.5. The van der Waals surface area contributed by atoms with Gasteiger partial charge < -0.3 is 21.1 Å². The van der Waals surface area contributed by atoms with Crippen molar-refractivity contribution in [2.75, 3.05) is 19.6 Å². The van der Waals surface area contributed by atoms with Crippen molar-refractivity contribution in [3.05, 3.63) is 59.4 Å². The lowest BCUT2D eigenvalue weighted by Gasteiger charge is -2.47. The fourth-order valence-corrected chi connectivity index (χ4v) is 6.35. The second-order valence-electron chi connectivity index (χ2n) is 14.4. The highest BCUT2D eigenvalue weighted by molar-refractivity contribution is 5.82. The third-order valence-corrected chi connectivity index (χ3v) is 8.60. The highest BCUT2D eigenvalue weighted by atomic mass is 19.1. The fraction of sp³-hybridized carbons (Fsp3) is 0.649. The van der Waals surface area contributed by atoms with Crippen molar-refractivity contribution >= 4 is 18.2 Å². The zero-order chi connectivity index (χ0) is 35.7. The van der Waals surface area contributed by atoms with E-state index in [2.05, 4.69) is 37.9 Å². The van der Waals surface area contributed by atoms with E-state index in [0.29, 0.717) is 31.2 Å². The first kappa shape index (κ1) is 41.1. The summed E-state index contributed by atoms with van der Waals surface area (Å²) in [5.41, 5.74) is 1.72. The number of hydrogen-bond donors (Lipinski definition) is 5. The Morgan fingerprint density at radius 2 is 1.83 bits per heavy atom. The molecule has 0 aromatic heterocycles. The normalized spacial score (nSPS) is 22.0. The summed E-state index contributed by atoms with van der Waals surface area (Å²) < 4.78 is 12.2. The van der Waals surface area contributed by atoms with Crippen LogP contribution in [0.5, 0.6) is 0 Å². The molecular formula is C37H59FN4O6. The number of aryl methyl sites for hydroxylation is 1. The van der Waals surface area contributed by atoms with Crippen molar-refractivity contribution in [2.45, 2.75) is 123 Å². The average Bonchev–Trinajstić information content (AvgIpc) is 3.03. The SMILES string of the molecule is CC(C)(C)NC(=O)C1C[C@@H]2CCCCC2CN1CC(O)C(CC1=CCCC=C1)NC(=O)CNC=O.CC(C)OO.Cc1cccc(F)c1. The van der Waals surface area contributed by atoms with Crippen molar-refractivity contribution in [1.29, 1.82) is 0 Å². The minimum atomic E-state index is -0.850. The van der Waals surface area contributed by atoms with Gasteiger partial charge in [0.15, 0.2) is 0 Å². The molecule has 1 aromatic carbocycles. The quantitative estimate of drug-likeness (QED) is 0.126. The Balaban J connectivity index is 0.000000513. The van der Waals surface area contributed by atoms with E-state index in [4.69, 9.17) is 5.26 Å². The van der Waals surface area contributed by atoms with E-state index in [1.807, 2.05) is 39.8 Å². The summed E-state index contributed by atoms with van der Waals surface area (Å²) in [5.74, 6) is 0.612. The van der Waals surface area contributed by atoms with Crippen LogP contribution >= 0.6 is 0 Å². The van der Waals surface area contributed by atoms with Gasteiger partial charge in [-0.3, -0.25) is 24.5 Å². The largest absolute Gasteiger partial charge is 0.390 e. The molecule has 1 heterocycles. The Hall–Kier alpha value is -3.12. The number of likely N-dealkylation sites (tertiary alicyclic amines) is 1. The van der Waals surface area contributed by atoms with E-state index >= 15 is 0 Å². The van der Waals surface area contributed by atoms with Gasteiger partial charge in [0, 0.05) is 18.6 Å². The Labute approximate surface area is 286 Å². The third kappa shape index (κ3) is 15.9. The molecule has 1 aliphatic heterocycles. The molecule has 3 amide bonds. The van der Waals surface area contributed by atoms with E-state index in [-0.39, 0.29) is 41.9 Å². The summed E-state index contributed by atoms with van der Waals surface area (Å²) in [4.78, 5) is 42.2. The number of nitrogens with one attached hydrogen (secondary N) is 3. The molecule has 5 N–H and O–H groups in total. The molecule has 5 atom stereocenters. The molecule has 0 spiro atoms. The second-order valence-corrected chi connectivity index (χ2v) is 14.4. The highest BCUT2D eigenvalue weighted by Gasteiger charge is 2.41. The number of hydrogen-bond acceptors (Lipinski definition) is 7. The van der Waals surface area contributed by atoms with Crippen molar-refractivity contribution in [3.63, 3.8) is 0 Å². The number of β-amino-alcohol motifs (C(OH)–C–C–N with tert-alkyl or cyclic N) is 1. The number of allylic oxidation sites excluding steroid dienone is 3. The molecule has 10 nitrogen and oxygen atoms in total. The van der Waals surface area contributed by atoms with Gasteiger partial charge in [-0.2, -0.15) is 0 Å². The average molecular weight is 675 g/mol. The number of amides is 3. The summed E-state index contributed by atoms with van der Waals surface area (Å²) in [7, 11) is 0. The molecule has 0 bridgehead atoms. The van der Waals surface area contributed by atoms with E-state index in [0.717, 1.165) is 36.9 Å². The number of carbonyl (C=O) groups is 3. The molecule has 1 aromatic rings. The first-order valence-electron chi connectivity index (χ1n) is 17.3. The molecule has 2 aliphatic carbocycles. The maximum Gasteiger partial charge on any atom is 0.239 e. The predicted molar refractivity (Wildman–Crippen MR) is 186 cm³/mol. The number of benzene rings is 1. The predicted octanol–water partition coefficient (Wildman–Crippen LogP) is 5.06. The minimum absolute atomic E-state index is 0.0161. The number of nitrogens with zero attached hydrogens (tertiary/aromatic N) is 1. The highest BCUT2D eigenvalue weighted by Crippen LogP contribution is 2.39. The van der Waals surface area contributed by atoms with Gasteiger partial charge in [0.2, 0.25) is 18.2 Å². The topological polar surface area (TPSA) is 140 Å². The zero-order valence-electron chi connectivity index (χ0n) is 29.7. The summed E-state index contributed by atoms with van der Waals surface area (Å²) in [6.07, 6.45) is 13.9. The smallest absolute Gasteiger partial charge is 0.239 e. The molecule has 2 fully saturated rings. The van der Waals surface area contributed by atoms with Gasteiger partial charge in [0.25, 0.3) is 0 Å². The van der Waals surface area contributed by atoms with Gasteiger partial charge in [0.05, 0.1) is 30.8 Å². The lowest BCUT2D eigenvalue weighted by atomic mass is 9.72. The number of piperidine rings is 1. The van der Waals surface area contributed by atoms with Crippen LogP contribution in [0, 0.1) is 24.6 Å². The molecule has 4 unspecified atom stereocenters. The molecule has 270 valence electrons. The summed E-state index contributed by atoms with van der Waals surface area (Å²) in [6, 6.07) is 5.70. The lowest BCUT2D eigenvalue weighted by molar-refractivity contribution is -0.269. The molecule has 1 saturated carbocycles. The molecule has 1 saturated heterocycles. The van der Waals surface area contributed by atoms with E-state index < -0.39 is 12.1 Å². The first-order valence-corrected chi connectivity index (χ1v) is 17.3. The van der Waals surface area contributed by atoms with Crippen LogP contribution in [0.25, 0.3) is 0 Å². The van der Waals surface area contributed by atoms with Gasteiger partial charge in [-0.05, 0) is 103 Å². The van der Waals surface area contributed by atoms with Crippen LogP contribution in [0.15, 0.2) is 48.1 Å². The van der Waals surface area contributed by atoms with E-state index in [1.165, 1.54) is 37.8 Å². The first-order chi connectivity index (χ1) is 22.7. The number of halogens is 1. The van der Waals surface area contributed by atoms with Crippen molar-refractivity contribution < 1.29 is 34.0 Å². The summed E-state index contributed by atoms with van der Waals surface area (Å²) in [6.45, 7) is 12.3. The number of fused-ring (bicyclic) bond motifs is 1. The van der Waals surface area contributed by atoms with E-state index in [1.54, 1.807) is 19.9 Å². The zero-order valence-corrected chi connectivity index (χ0v) is 29.7. The van der Waals surface area contributed by atoms with Crippen LogP contribution in [0.4, 0.5) is 4.39 Å². The van der Waals surface area contributed by atoms with Gasteiger partial charge in [-0.1, -0.05) is 55.2 Å². The minimum Gasteiger partial charge on any atom is -0.390 e. The van der Waals surface area contributed by atoms with Crippen LogP contribution in [0.3, 0.4) is 0 Å². The van der Waals surface area contributed by atoms with E-state index in [9.17, 15) is 23.9 Å². The van der Waals surface area contributed by atoms with Crippen LogP contribution in [-0.2, 0) is 19.3 Å². The molecule has 11 heteroatoms. The Morgan fingerprint density at radius 1 is 1.15 bits per heavy atom. The van der Waals surface area contributed by atoms with Crippen LogP contribution < -0.4 is 16.0 Å². The Kier molecular flexibility index (Phi) is 18.0. The van der Waals surface area contributed by atoms with Crippen molar-refractivity contribution in [2.24, 2.45) is 11.8 Å². The monoisotopic (exact) mass is 674 g/mol. The maximum absolute atomic E-state index is 13.3. The molecular weight excluding hydrogens is 615 g/mol. The molecule has 3 aliphatic rings. The number of carbonyl (C=O) groups excluding carboxylic acids is 3. The Morgan fingerprint density at radius 3 is 2.38 bits per heavy atom. The van der Waals surface area contributed by atoms with Crippen molar-refractivity contribution in [1.82, 2.24) is 20.9 Å². The van der Waals surface area contributed by atoms with Gasteiger partial charge >= 0.3 is 0 Å². The number of aliphatic hydroxyl groups excluding tert-OH is 1. The number of rotatable bonds is 11. The van der Waals surface area contributed by atoms with Gasteiger partial charge in [-0.15, -0.1) is 0 Å². The van der Waals surface area contributed by atoms with Gasteiger partial charge in [0.1, 0.15) is 5.82 Å². The van der Waals surface area contributed by atoms with Crippen LogP contribution in [0.2, 0.25) is 0 Å². The third-order valence-electron chi connectivity index (χ3n) is 8.60.